The van der Waals surface area contributed by atoms with Gasteiger partial charge in [0, 0.05) is 6.42 Å². The molecule has 0 aromatic heterocycles. The van der Waals surface area contributed by atoms with E-state index in [4.69, 9.17) is 5.11 Å². The molecule has 0 aromatic carbocycles. The van der Waals surface area contributed by atoms with Gasteiger partial charge in [-0.2, -0.15) is 0 Å². The van der Waals surface area contributed by atoms with Crippen LogP contribution in [0.4, 0.5) is 0 Å². The Balaban J connectivity index is 3.26. The monoisotopic (exact) mass is 354 g/mol. The number of hydrogen-bond acceptors (Lipinski definition) is 2. The van der Waals surface area contributed by atoms with E-state index in [1.807, 2.05) is 0 Å². The molecule has 3 nitrogen and oxygen atoms in total. The van der Waals surface area contributed by atoms with Gasteiger partial charge in [-0.15, -0.1) is 0 Å². The smallest absolute Gasteiger partial charge is 0.303 e. The van der Waals surface area contributed by atoms with Crippen molar-refractivity contribution >= 4 is 5.97 Å². The van der Waals surface area contributed by atoms with Crippen LogP contribution in [0.3, 0.4) is 0 Å². The molecular weight excluding hydrogens is 312 g/mol. The predicted octanol–water partition coefficient (Wildman–Crippen LogP) is 6.64. The molecule has 1 unspecified atom stereocenters. The first kappa shape index (κ1) is 24.2. The summed E-state index contributed by atoms with van der Waals surface area (Å²) in [6, 6.07) is 0. The molecule has 0 spiro atoms. The van der Waals surface area contributed by atoms with Crippen LogP contribution in [0.1, 0.15) is 116 Å². The van der Waals surface area contributed by atoms with Gasteiger partial charge in [-0.1, -0.05) is 89.7 Å². The summed E-state index contributed by atoms with van der Waals surface area (Å²) in [5.74, 6) is -0.692. The van der Waals surface area contributed by atoms with Crippen LogP contribution in [0.25, 0.3) is 0 Å². The zero-order chi connectivity index (χ0) is 18.6. The summed E-state index contributed by atoms with van der Waals surface area (Å²) in [5, 5.41) is 18.5. The fraction of sp³-hybridized carbons (Fsp3) is 0.864. The lowest BCUT2D eigenvalue weighted by atomic mass is 10.0. The van der Waals surface area contributed by atoms with Gasteiger partial charge in [0.1, 0.15) is 0 Å². The van der Waals surface area contributed by atoms with Crippen molar-refractivity contribution in [1.29, 1.82) is 0 Å². The molecule has 0 aliphatic carbocycles. The van der Waals surface area contributed by atoms with Crippen LogP contribution in [-0.4, -0.2) is 22.3 Å². The van der Waals surface area contributed by atoms with Crippen LogP contribution in [0.5, 0.6) is 0 Å². The Labute approximate surface area is 155 Å². The molecule has 2 N–H and O–H groups in total. The van der Waals surface area contributed by atoms with Crippen molar-refractivity contribution in [3.63, 3.8) is 0 Å². The summed E-state index contributed by atoms with van der Waals surface area (Å²) in [6.45, 7) is 2.25. The number of allylic oxidation sites excluding steroid dienone is 1. The van der Waals surface area contributed by atoms with E-state index in [1.54, 1.807) is 0 Å². The van der Waals surface area contributed by atoms with Gasteiger partial charge in [-0.3, -0.25) is 4.79 Å². The predicted molar refractivity (Wildman–Crippen MR) is 107 cm³/mol. The normalized spacial score (nSPS) is 12.7. The van der Waals surface area contributed by atoms with Crippen molar-refractivity contribution in [3.05, 3.63) is 12.2 Å². The van der Waals surface area contributed by atoms with E-state index >= 15 is 0 Å². The van der Waals surface area contributed by atoms with Gasteiger partial charge in [0.2, 0.25) is 0 Å². The Bertz CT molecular complexity index is 312. The van der Waals surface area contributed by atoms with E-state index in [9.17, 15) is 9.90 Å². The summed E-state index contributed by atoms with van der Waals surface area (Å²) in [5.41, 5.74) is 0. The van der Waals surface area contributed by atoms with E-state index in [1.165, 1.54) is 44.9 Å². The van der Waals surface area contributed by atoms with Crippen molar-refractivity contribution in [2.45, 2.75) is 122 Å². The van der Waals surface area contributed by atoms with E-state index < -0.39 is 5.97 Å². The van der Waals surface area contributed by atoms with Crippen LogP contribution in [0, 0.1) is 0 Å². The average Bonchev–Trinajstić information content (AvgIpc) is 2.58. The van der Waals surface area contributed by atoms with Gasteiger partial charge >= 0.3 is 5.97 Å². The summed E-state index contributed by atoms with van der Waals surface area (Å²) in [7, 11) is 0. The zero-order valence-corrected chi connectivity index (χ0v) is 16.6. The molecule has 0 radical (unpaired) electrons. The molecule has 0 amide bonds. The Morgan fingerprint density at radius 3 is 2.00 bits per heavy atom. The van der Waals surface area contributed by atoms with Crippen LogP contribution in [0.15, 0.2) is 12.2 Å². The molecule has 0 aromatic rings. The summed E-state index contributed by atoms with van der Waals surface area (Å²) in [4.78, 5) is 10.4. The van der Waals surface area contributed by atoms with Crippen molar-refractivity contribution in [2.75, 3.05) is 0 Å². The van der Waals surface area contributed by atoms with E-state index in [2.05, 4.69) is 19.1 Å². The van der Waals surface area contributed by atoms with Crippen LogP contribution < -0.4 is 0 Å². The molecule has 0 fully saturated rings. The highest BCUT2D eigenvalue weighted by Gasteiger charge is 2.01. The number of rotatable bonds is 19. The van der Waals surface area contributed by atoms with E-state index in [0.29, 0.717) is 6.42 Å². The van der Waals surface area contributed by atoms with Crippen LogP contribution in [-0.2, 0) is 4.79 Å². The van der Waals surface area contributed by atoms with Gasteiger partial charge in [-0.25, -0.2) is 0 Å². The molecule has 0 bridgehead atoms. The lowest BCUT2D eigenvalue weighted by molar-refractivity contribution is -0.137. The Kier molecular flexibility index (Phi) is 18.8. The second kappa shape index (κ2) is 19.5. The number of aliphatic hydroxyl groups is 1. The maximum Gasteiger partial charge on any atom is 0.303 e. The fourth-order valence-electron chi connectivity index (χ4n) is 3.07. The average molecular weight is 355 g/mol. The second-order valence-corrected chi connectivity index (χ2v) is 7.32. The summed E-state index contributed by atoms with van der Waals surface area (Å²) in [6.07, 6.45) is 23.0. The number of unbranched alkanes of at least 4 members (excludes halogenated alkanes) is 12. The number of aliphatic hydroxyl groups excluding tert-OH is 1. The highest BCUT2D eigenvalue weighted by molar-refractivity contribution is 5.66. The molecule has 0 aliphatic rings. The summed E-state index contributed by atoms with van der Waals surface area (Å²) < 4.78 is 0. The van der Waals surface area contributed by atoms with Crippen LogP contribution in [0.2, 0.25) is 0 Å². The summed E-state index contributed by atoms with van der Waals surface area (Å²) >= 11 is 0. The molecule has 3 heteroatoms. The number of hydrogen-bond donors (Lipinski definition) is 2. The maximum absolute atomic E-state index is 10.4. The zero-order valence-electron chi connectivity index (χ0n) is 16.6. The van der Waals surface area contributed by atoms with Crippen molar-refractivity contribution in [3.8, 4) is 0 Å². The molecule has 0 rings (SSSR count). The van der Waals surface area contributed by atoms with Gasteiger partial charge in [0.25, 0.3) is 0 Å². The Morgan fingerprint density at radius 2 is 1.36 bits per heavy atom. The van der Waals surface area contributed by atoms with Gasteiger partial charge in [0.15, 0.2) is 0 Å². The number of carbonyl (C=O) groups is 1. The third-order valence-electron chi connectivity index (χ3n) is 4.73. The molecule has 0 saturated heterocycles. The lowest BCUT2D eigenvalue weighted by Gasteiger charge is -2.07. The quantitative estimate of drug-likeness (QED) is 0.202. The first-order valence-electron chi connectivity index (χ1n) is 10.7. The van der Waals surface area contributed by atoms with Crippen molar-refractivity contribution in [2.24, 2.45) is 0 Å². The molecule has 0 heterocycles. The third-order valence-corrected chi connectivity index (χ3v) is 4.73. The maximum atomic E-state index is 10.4. The molecule has 0 aliphatic heterocycles. The molecule has 0 saturated carbocycles. The van der Waals surface area contributed by atoms with Crippen LogP contribution >= 0.6 is 0 Å². The van der Waals surface area contributed by atoms with Gasteiger partial charge < -0.3 is 10.2 Å². The minimum atomic E-state index is -0.692. The second-order valence-electron chi connectivity index (χ2n) is 7.32. The SMILES string of the molecule is CCCCCCCCCC=CCC(O)CCCCCCCCC(=O)O. The van der Waals surface area contributed by atoms with Gasteiger partial charge in [-0.05, 0) is 32.1 Å². The number of aliphatic carboxylic acids is 1. The lowest BCUT2D eigenvalue weighted by Crippen LogP contribution is -2.04. The van der Waals surface area contributed by atoms with Gasteiger partial charge in [0.05, 0.1) is 6.10 Å². The highest BCUT2D eigenvalue weighted by atomic mass is 16.4. The molecule has 1 atom stereocenters. The first-order valence-corrected chi connectivity index (χ1v) is 10.7. The van der Waals surface area contributed by atoms with E-state index in [-0.39, 0.29) is 6.10 Å². The Morgan fingerprint density at radius 1 is 0.800 bits per heavy atom. The largest absolute Gasteiger partial charge is 0.481 e. The number of carboxylic acids is 1. The van der Waals surface area contributed by atoms with E-state index in [0.717, 1.165) is 57.8 Å². The minimum Gasteiger partial charge on any atom is -0.481 e. The standard InChI is InChI=1S/C22H42O3/c1-2-3-4-5-6-7-8-9-12-15-18-21(23)19-16-13-10-11-14-17-20-22(24)25/h12,15,21,23H,2-11,13-14,16-20H2,1H3,(H,24,25). The Hall–Kier alpha value is -0.830. The molecule has 148 valence electrons. The fourth-order valence-corrected chi connectivity index (χ4v) is 3.07. The van der Waals surface area contributed by atoms with Crippen molar-refractivity contribution < 1.29 is 15.0 Å². The number of carboxylic acid groups (broad SMARTS) is 1. The minimum absolute atomic E-state index is 0.197. The molecular formula is C22H42O3. The highest BCUT2D eigenvalue weighted by Crippen LogP contribution is 2.12. The van der Waals surface area contributed by atoms with Crippen molar-refractivity contribution in [1.82, 2.24) is 0 Å². The molecule has 25 heavy (non-hydrogen) atoms. The topological polar surface area (TPSA) is 57.5 Å². The third kappa shape index (κ3) is 21.1. The first-order chi connectivity index (χ1) is 12.2.